The van der Waals surface area contributed by atoms with E-state index in [0.717, 1.165) is 31.7 Å². The molecule has 1 N–H and O–H groups in total. The molecule has 0 saturated carbocycles. The van der Waals surface area contributed by atoms with Gasteiger partial charge in [0.1, 0.15) is 5.75 Å². The monoisotopic (exact) mass is 247 g/mol. The summed E-state index contributed by atoms with van der Waals surface area (Å²) in [7, 11) is 0. The highest BCUT2D eigenvalue weighted by Crippen LogP contribution is 2.38. The summed E-state index contributed by atoms with van der Waals surface area (Å²) in [5, 5.41) is 3.63. The van der Waals surface area contributed by atoms with Crippen LogP contribution in [-0.2, 0) is 0 Å². The van der Waals surface area contributed by atoms with Crippen molar-refractivity contribution in [3.05, 3.63) is 29.3 Å². The zero-order chi connectivity index (χ0) is 13.0. The molecule has 2 nitrogen and oxygen atoms in total. The van der Waals surface area contributed by atoms with Gasteiger partial charge in [-0.3, -0.25) is 0 Å². The Morgan fingerprint density at radius 3 is 2.94 bits per heavy atom. The molecule has 0 saturated heterocycles. The summed E-state index contributed by atoms with van der Waals surface area (Å²) < 4.78 is 5.95. The number of hydrogen-bond acceptors (Lipinski definition) is 2. The molecule has 2 unspecified atom stereocenters. The van der Waals surface area contributed by atoms with Crippen LogP contribution in [0, 0.1) is 0 Å². The van der Waals surface area contributed by atoms with Gasteiger partial charge in [-0.05, 0) is 30.9 Å². The van der Waals surface area contributed by atoms with E-state index in [9.17, 15) is 0 Å². The molecule has 0 aromatic heterocycles. The lowest BCUT2D eigenvalue weighted by molar-refractivity contribution is 0.249. The van der Waals surface area contributed by atoms with Gasteiger partial charge in [0.2, 0.25) is 0 Å². The molecule has 2 rings (SSSR count). The average Bonchev–Trinajstić information content (AvgIpc) is 2.43. The van der Waals surface area contributed by atoms with Gasteiger partial charge in [0.05, 0.1) is 6.61 Å². The van der Waals surface area contributed by atoms with Gasteiger partial charge in [-0.2, -0.15) is 0 Å². The maximum Gasteiger partial charge on any atom is 0.127 e. The lowest BCUT2D eigenvalue weighted by Crippen LogP contribution is -2.28. The molecule has 0 amide bonds. The number of para-hydroxylation sites is 1. The third kappa shape index (κ3) is 2.69. The van der Waals surface area contributed by atoms with Crippen LogP contribution in [0.3, 0.4) is 0 Å². The van der Waals surface area contributed by atoms with Crippen molar-refractivity contribution >= 4 is 0 Å². The Balaban J connectivity index is 2.28. The Hall–Kier alpha value is -1.02. The summed E-state index contributed by atoms with van der Waals surface area (Å²) in [6.07, 6.45) is 3.42. The third-order valence-electron chi connectivity index (χ3n) is 3.89. The van der Waals surface area contributed by atoms with E-state index in [1.54, 1.807) is 0 Å². The van der Waals surface area contributed by atoms with Crippen LogP contribution in [0.15, 0.2) is 18.2 Å². The Bertz CT molecular complexity index is 389. The number of hydrogen-bond donors (Lipinski definition) is 1. The van der Waals surface area contributed by atoms with E-state index >= 15 is 0 Å². The maximum absolute atomic E-state index is 5.95. The standard InChI is InChI=1S/C16H25NO/c1-4-10-17-15-9-11-18-16-13(12(3)5-2)7-6-8-14(15)16/h6-8,12,15,17H,4-5,9-11H2,1-3H3. The van der Waals surface area contributed by atoms with Crippen LogP contribution >= 0.6 is 0 Å². The molecule has 18 heavy (non-hydrogen) atoms. The smallest absolute Gasteiger partial charge is 0.127 e. The van der Waals surface area contributed by atoms with Crippen LogP contribution < -0.4 is 10.1 Å². The highest BCUT2D eigenvalue weighted by molar-refractivity contribution is 5.46. The number of rotatable bonds is 5. The van der Waals surface area contributed by atoms with Crippen LogP contribution in [0.25, 0.3) is 0 Å². The summed E-state index contributed by atoms with van der Waals surface area (Å²) in [5.74, 6) is 1.72. The molecule has 0 fully saturated rings. The second-order valence-electron chi connectivity index (χ2n) is 5.22. The summed E-state index contributed by atoms with van der Waals surface area (Å²) in [5.41, 5.74) is 2.73. The molecular weight excluding hydrogens is 222 g/mol. The van der Waals surface area contributed by atoms with Crippen molar-refractivity contribution in [2.75, 3.05) is 13.2 Å². The first-order valence-electron chi connectivity index (χ1n) is 7.26. The fourth-order valence-corrected chi connectivity index (χ4v) is 2.59. The van der Waals surface area contributed by atoms with Gasteiger partial charge in [-0.15, -0.1) is 0 Å². The van der Waals surface area contributed by atoms with E-state index in [-0.39, 0.29) is 0 Å². The molecule has 0 radical (unpaired) electrons. The second-order valence-corrected chi connectivity index (χ2v) is 5.22. The summed E-state index contributed by atoms with van der Waals surface area (Å²) in [6, 6.07) is 7.08. The molecule has 1 aliphatic heterocycles. The fourth-order valence-electron chi connectivity index (χ4n) is 2.59. The fraction of sp³-hybridized carbons (Fsp3) is 0.625. The van der Waals surface area contributed by atoms with Crippen molar-refractivity contribution in [1.82, 2.24) is 5.32 Å². The van der Waals surface area contributed by atoms with Gasteiger partial charge >= 0.3 is 0 Å². The predicted molar refractivity (Wildman–Crippen MR) is 76.3 cm³/mol. The molecule has 1 aromatic carbocycles. The minimum atomic E-state index is 0.470. The predicted octanol–water partition coefficient (Wildman–Crippen LogP) is 4.02. The topological polar surface area (TPSA) is 21.3 Å². The second kappa shape index (κ2) is 6.24. The molecule has 1 heterocycles. The normalized spacial score (nSPS) is 20.1. The summed E-state index contributed by atoms with van der Waals surface area (Å²) >= 11 is 0. The summed E-state index contributed by atoms with van der Waals surface area (Å²) in [4.78, 5) is 0. The van der Waals surface area contributed by atoms with Gasteiger partial charge in [0, 0.05) is 18.0 Å². The maximum atomic E-state index is 5.95. The minimum Gasteiger partial charge on any atom is -0.493 e. The van der Waals surface area contributed by atoms with Crippen LogP contribution in [0.1, 0.15) is 63.1 Å². The molecule has 0 spiro atoms. The molecule has 2 atom stereocenters. The largest absolute Gasteiger partial charge is 0.493 e. The number of fused-ring (bicyclic) bond motifs is 1. The van der Waals surface area contributed by atoms with E-state index < -0.39 is 0 Å². The molecule has 1 aromatic rings. The van der Waals surface area contributed by atoms with E-state index in [0.29, 0.717) is 12.0 Å². The Kier molecular flexibility index (Phi) is 4.65. The first-order chi connectivity index (χ1) is 8.77. The van der Waals surface area contributed by atoms with E-state index in [2.05, 4.69) is 44.3 Å². The average molecular weight is 247 g/mol. The molecule has 2 heteroatoms. The molecule has 0 bridgehead atoms. The van der Waals surface area contributed by atoms with Crippen LogP contribution in [-0.4, -0.2) is 13.2 Å². The van der Waals surface area contributed by atoms with Crippen molar-refractivity contribution < 1.29 is 4.74 Å². The van der Waals surface area contributed by atoms with E-state index in [1.807, 2.05) is 0 Å². The van der Waals surface area contributed by atoms with Crippen LogP contribution in [0.5, 0.6) is 5.75 Å². The Morgan fingerprint density at radius 1 is 1.39 bits per heavy atom. The zero-order valence-corrected chi connectivity index (χ0v) is 11.8. The SMILES string of the molecule is CCCNC1CCOc2c(C(C)CC)cccc21. The van der Waals surface area contributed by atoms with Gasteiger partial charge < -0.3 is 10.1 Å². The lowest BCUT2D eigenvalue weighted by atomic mass is 9.91. The van der Waals surface area contributed by atoms with Crippen molar-refractivity contribution in [2.45, 2.75) is 52.0 Å². The van der Waals surface area contributed by atoms with Gasteiger partial charge in [0.15, 0.2) is 0 Å². The summed E-state index contributed by atoms with van der Waals surface area (Å²) in [6.45, 7) is 8.64. The van der Waals surface area contributed by atoms with E-state index in [4.69, 9.17) is 4.74 Å². The van der Waals surface area contributed by atoms with Gasteiger partial charge in [-0.25, -0.2) is 0 Å². The van der Waals surface area contributed by atoms with E-state index in [1.165, 1.54) is 17.5 Å². The molecule has 0 aliphatic carbocycles. The lowest BCUT2D eigenvalue weighted by Gasteiger charge is -2.29. The van der Waals surface area contributed by atoms with Crippen molar-refractivity contribution in [2.24, 2.45) is 0 Å². The zero-order valence-electron chi connectivity index (χ0n) is 11.8. The van der Waals surface area contributed by atoms with Crippen molar-refractivity contribution in [3.8, 4) is 5.75 Å². The van der Waals surface area contributed by atoms with Crippen molar-refractivity contribution in [1.29, 1.82) is 0 Å². The molecule has 1 aliphatic rings. The highest BCUT2D eigenvalue weighted by atomic mass is 16.5. The Labute approximate surface area is 111 Å². The number of ether oxygens (including phenoxy) is 1. The minimum absolute atomic E-state index is 0.470. The quantitative estimate of drug-likeness (QED) is 0.848. The molecular formula is C16H25NO. The Morgan fingerprint density at radius 2 is 2.22 bits per heavy atom. The third-order valence-corrected chi connectivity index (χ3v) is 3.89. The van der Waals surface area contributed by atoms with Crippen molar-refractivity contribution in [3.63, 3.8) is 0 Å². The van der Waals surface area contributed by atoms with Crippen LogP contribution in [0.2, 0.25) is 0 Å². The number of benzene rings is 1. The highest BCUT2D eigenvalue weighted by Gasteiger charge is 2.24. The molecule has 100 valence electrons. The first-order valence-corrected chi connectivity index (χ1v) is 7.26. The van der Waals surface area contributed by atoms with Crippen LogP contribution in [0.4, 0.5) is 0 Å². The van der Waals surface area contributed by atoms with Gasteiger partial charge in [0.25, 0.3) is 0 Å². The van der Waals surface area contributed by atoms with Gasteiger partial charge in [-0.1, -0.05) is 39.0 Å². The number of nitrogens with one attached hydrogen (secondary N) is 1. The first kappa shape index (κ1) is 13.4.